The number of anilines is 2. The van der Waals surface area contributed by atoms with E-state index in [-0.39, 0.29) is 0 Å². The van der Waals surface area contributed by atoms with Gasteiger partial charge < -0.3 is 10.6 Å². The van der Waals surface area contributed by atoms with Crippen molar-refractivity contribution in [2.24, 2.45) is 5.73 Å². The number of rotatable bonds is 3. The molecule has 1 aromatic carbocycles. The van der Waals surface area contributed by atoms with Gasteiger partial charge in [0, 0.05) is 29.9 Å². The Morgan fingerprint density at radius 3 is 2.65 bits per heavy atom. The van der Waals surface area contributed by atoms with Crippen molar-refractivity contribution in [3.8, 4) is 0 Å². The summed E-state index contributed by atoms with van der Waals surface area (Å²) in [6, 6.07) is 12.0. The van der Waals surface area contributed by atoms with Crippen LogP contribution in [0.4, 0.5) is 11.5 Å². The molecule has 4 heteroatoms. The average Bonchev–Trinajstić information content (AvgIpc) is 2.39. The molecule has 0 atom stereocenters. The summed E-state index contributed by atoms with van der Waals surface area (Å²) in [6.45, 7) is 0.525. The molecule has 2 rings (SSSR count). The second kappa shape index (κ2) is 5.29. The molecule has 0 aliphatic heterocycles. The van der Waals surface area contributed by atoms with Crippen LogP contribution < -0.4 is 10.6 Å². The molecule has 1 aromatic heterocycles. The van der Waals surface area contributed by atoms with Gasteiger partial charge in [-0.25, -0.2) is 4.98 Å². The van der Waals surface area contributed by atoms with Crippen molar-refractivity contribution in [2.45, 2.75) is 6.54 Å². The van der Waals surface area contributed by atoms with Crippen LogP contribution in [0, 0.1) is 0 Å². The monoisotopic (exact) mass is 291 g/mol. The van der Waals surface area contributed by atoms with Crippen molar-refractivity contribution in [2.75, 3.05) is 11.9 Å². The third-order valence-electron chi connectivity index (χ3n) is 2.63. The van der Waals surface area contributed by atoms with Gasteiger partial charge in [0.25, 0.3) is 0 Å². The third kappa shape index (κ3) is 2.65. The molecule has 2 N–H and O–H groups in total. The zero-order valence-electron chi connectivity index (χ0n) is 9.60. The summed E-state index contributed by atoms with van der Waals surface area (Å²) in [5.74, 6) is 0.897. The SMILES string of the molecule is CN(c1ccc(Br)cn1)c1ccccc1CN. The maximum atomic E-state index is 5.74. The molecule has 17 heavy (non-hydrogen) atoms. The number of nitrogens with zero attached hydrogens (tertiary/aromatic N) is 2. The lowest BCUT2D eigenvalue weighted by atomic mass is 10.1. The Bertz CT molecular complexity index is 496. The molecule has 0 unspecified atom stereocenters. The number of nitrogens with two attached hydrogens (primary N) is 1. The van der Waals surface area contributed by atoms with E-state index in [1.165, 1.54) is 0 Å². The van der Waals surface area contributed by atoms with Gasteiger partial charge >= 0.3 is 0 Å². The predicted molar refractivity (Wildman–Crippen MR) is 74.3 cm³/mol. The second-order valence-electron chi connectivity index (χ2n) is 3.73. The average molecular weight is 292 g/mol. The largest absolute Gasteiger partial charge is 0.329 e. The maximum absolute atomic E-state index is 5.74. The Labute approximate surface area is 109 Å². The zero-order chi connectivity index (χ0) is 12.3. The highest BCUT2D eigenvalue weighted by molar-refractivity contribution is 9.10. The lowest BCUT2D eigenvalue weighted by Crippen LogP contribution is -2.14. The first-order chi connectivity index (χ1) is 8.22. The van der Waals surface area contributed by atoms with Crippen LogP contribution in [0.1, 0.15) is 5.56 Å². The molecule has 1 heterocycles. The molecule has 0 radical (unpaired) electrons. The van der Waals surface area contributed by atoms with Crippen molar-refractivity contribution in [1.82, 2.24) is 4.98 Å². The van der Waals surface area contributed by atoms with E-state index >= 15 is 0 Å². The quantitative estimate of drug-likeness (QED) is 0.945. The molecule has 0 saturated carbocycles. The number of aromatic nitrogens is 1. The summed E-state index contributed by atoms with van der Waals surface area (Å²) in [4.78, 5) is 6.40. The minimum absolute atomic E-state index is 0.525. The fourth-order valence-electron chi connectivity index (χ4n) is 1.70. The predicted octanol–water partition coefficient (Wildman–Crippen LogP) is 3.07. The Kier molecular flexibility index (Phi) is 3.76. The van der Waals surface area contributed by atoms with Crippen LogP contribution in [0.5, 0.6) is 0 Å². The molecule has 3 nitrogen and oxygen atoms in total. The first kappa shape index (κ1) is 12.1. The first-order valence-electron chi connectivity index (χ1n) is 5.35. The van der Waals surface area contributed by atoms with Crippen LogP contribution in [-0.2, 0) is 6.54 Å². The molecular weight excluding hydrogens is 278 g/mol. The van der Waals surface area contributed by atoms with Crippen molar-refractivity contribution in [1.29, 1.82) is 0 Å². The summed E-state index contributed by atoms with van der Waals surface area (Å²) < 4.78 is 0.974. The van der Waals surface area contributed by atoms with Gasteiger partial charge in [-0.15, -0.1) is 0 Å². The molecular formula is C13H14BrN3. The highest BCUT2D eigenvalue weighted by atomic mass is 79.9. The van der Waals surface area contributed by atoms with Crippen LogP contribution in [0.25, 0.3) is 0 Å². The highest BCUT2D eigenvalue weighted by Crippen LogP contribution is 2.25. The molecule has 0 amide bonds. The molecule has 0 aliphatic carbocycles. The first-order valence-corrected chi connectivity index (χ1v) is 6.15. The van der Waals surface area contributed by atoms with Crippen molar-refractivity contribution in [3.63, 3.8) is 0 Å². The molecule has 0 fully saturated rings. The van der Waals surface area contributed by atoms with Gasteiger partial charge in [-0.05, 0) is 39.7 Å². The van der Waals surface area contributed by atoms with Gasteiger partial charge in [0.2, 0.25) is 0 Å². The lowest BCUT2D eigenvalue weighted by Gasteiger charge is -2.21. The van der Waals surface area contributed by atoms with E-state index in [9.17, 15) is 0 Å². The van der Waals surface area contributed by atoms with Crippen LogP contribution in [0.15, 0.2) is 47.1 Å². The van der Waals surface area contributed by atoms with E-state index in [4.69, 9.17) is 5.73 Å². The molecule has 0 bridgehead atoms. The maximum Gasteiger partial charge on any atom is 0.132 e. The third-order valence-corrected chi connectivity index (χ3v) is 3.10. The standard InChI is InChI=1S/C13H14BrN3/c1-17(13-7-6-11(14)9-16-13)12-5-3-2-4-10(12)8-15/h2-7,9H,8,15H2,1H3. The zero-order valence-corrected chi connectivity index (χ0v) is 11.2. The lowest BCUT2D eigenvalue weighted by molar-refractivity contribution is 1.03. The summed E-state index contributed by atoms with van der Waals surface area (Å²) in [5.41, 5.74) is 7.93. The summed E-state index contributed by atoms with van der Waals surface area (Å²) in [6.07, 6.45) is 1.79. The number of benzene rings is 1. The van der Waals surface area contributed by atoms with Crippen LogP contribution in [0.3, 0.4) is 0 Å². The van der Waals surface area contributed by atoms with Crippen LogP contribution in [0.2, 0.25) is 0 Å². The summed E-state index contributed by atoms with van der Waals surface area (Å²) in [5, 5.41) is 0. The molecule has 88 valence electrons. The minimum atomic E-state index is 0.525. The highest BCUT2D eigenvalue weighted by Gasteiger charge is 2.08. The minimum Gasteiger partial charge on any atom is -0.329 e. The van der Waals surface area contributed by atoms with Crippen LogP contribution in [-0.4, -0.2) is 12.0 Å². The van der Waals surface area contributed by atoms with E-state index in [0.29, 0.717) is 6.54 Å². The number of halogens is 1. The van der Waals surface area contributed by atoms with Crippen molar-refractivity contribution < 1.29 is 0 Å². The Balaban J connectivity index is 2.36. The Morgan fingerprint density at radius 1 is 1.24 bits per heavy atom. The van der Waals surface area contributed by atoms with E-state index in [2.05, 4.69) is 20.9 Å². The smallest absolute Gasteiger partial charge is 0.132 e. The number of hydrogen-bond acceptors (Lipinski definition) is 3. The van der Waals surface area contributed by atoms with Gasteiger partial charge in [-0.1, -0.05) is 18.2 Å². The molecule has 0 aliphatic rings. The number of hydrogen-bond donors (Lipinski definition) is 1. The molecule has 0 saturated heterocycles. The summed E-state index contributed by atoms with van der Waals surface area (Å²) >= 11 is 3.38. The van der Waals surface area contributed by atoms with Crippen molar-refractivity contribution in [3.05, 3.63) is 52.6 Å². The summed E-state index contributed by atoms with van der Waals surface area (Å²) in [7, 11) is 1.99. The second-order valence-corrected chi connectivity index (χ2v) is 4.64. The van der Waals surface area contributed by atoms with Crippen molar-refractivity contribution >= 4 is 27.4 Å². The van der Waals surface area contributed by atoms with Gasteiger partial charge in [-0.3, -0.25) is 0 Å². The van der Waals surface area contributed by atoms with Gasteiger partial charge in [0.05, 0.1) is 0 Å². The molecule has 2 aromatic rings. The van der Waals surface area contributed by atoms with E-state index in [1.54, 1.807) is 6.20 Å². The Hall–Kier alpha value is -1.39. The molecule has 0 spiro atoms. The fourth-order valence-corrected chi connectivity index (χ4v) is 1.94. The van der Waals surface area contributed by atoms with Gasteiger partial charge in [0.15, 0.2) is 0 Å². The van der Waals surface area contributed by atoms with E-state index in [1.807, 2.05) is 48.3 Å². The van der Waals surface area contributed by atoms with Gasteiger partial charge in [0.1, 0.15) is 5.82 Å². The normalized spacial score (nSPS) is 10.3. The number of para-hydroxylation sites is 1. The fraction of sp³-hybridized carbons (Fsp3) is 0.154. The van der Waals surface area contributed by atoms with E-state index < -0.39 is 0 Å². The Morgan fingerprint density at radius 2 is 2.00 bits per heavy atom. The van der Waals surface area contributed by atoms with Crippen LogP contribution >= 0.6 is 15.9 Å². The topological polar surface area (TPSA) is 42.2 Å². The number of pyridine rings is 1. The van der Waals surface area contributed by atoms with E-state index in [0.717, 1.165) is 21.5 Å². The van der Waals surface area contributed by atoms with Gasteiger partial charge in [-0.2, -0.15) is 0 Å².